The lowest BCUT2D eigenvalue weighted by Crippen LogP contribution is -2.29. The molecule has 1 aliphatic heterocycles. The van der Waals surface area contributed by atoms with E-state index in [2.05, 4.69) is 45.5 Å². The maximum absolute atomic E-state index is 11.3. The Morgan fingerprint density at radius 1 is 1.25 bits per heavy atom. The van der Waals surface area contributed by atoms with E-state index >= 15 is 0 Å². The van der Waals surface area contributed by atoms with Gasteiger partial charge < -0.3 is 10.4 Å². The normalized spacial score (nSPS) is 24.2. The van der Waals surface area contributed by atoms with Crippen LogP contribution in [0.5, 0.6) is 0 Å². The van der Waals surface area contributed by atoms with Crippen LogP contribution in [0.15, 0.2) is 53.0 Å². The summed E-state index contributed by atoms with van der Waals surface area (Å²) in [6, 6.07) is 11.7. The zero-order chi connectivity index (χ0) is 16.8. The molecule has 0 fully saturated rings. The highest BCUT2D eigenvalue weighted by atomic mass is 79.9. The minimum Gasteiger partial charge on any atom is -0.478 e. The highest BCUT2D eigenvalue weighted by Crippen LogP contribution is 2.51. The van der Waals surface area contributed by atoms with Gasteiger partial charge >= 0.3 is 5.97 Å². The van der Waals surface area contributed by atoms with E-state index in [4.69, 9.17) is 11.6 Å². The van der Waals surface area contributed by atoms with Gasteiger partial charge in [0.25, 0.3) is 0 Å². The van der Waals surface area contributed by atoms with Gasteiger partial charge in [-0.15, -0.1) is 0 Å². The molecule has 0 bridgehead atoms. The molecule has 4 rings (SSSR count). The second kappa shape index (κ2) is 5.94. The first-order chi connectivity index (χ1) is 11.5. The maximum atomic E-state index is 11.3. The number of rotatable bonds is 2. The van der Waals surface area contributed by atoms with Gasteiger partial charge in [-0.3, -0.25) is 0 Å². The molecular weight excluding hydrogens is 390 g/mol. The zero-order valence-electron chi connectivity index (χ0n) is 12.7. The molecule has 0 saturated heterocycles. The number of nitrogens with one attached hydrogen (secondary N) is 1. The summed E-state index contributed by atoms with van der Waals surface area (Å²) in [5.41, 5.74) is 3.28. The van der Waals surface area contributed by atoms with Crippen molar-refractivity contribution in [2.24, 2.45) is 5.92 Å². The fourth-order valence-electron chi connectivity index (χ4n) is 3.78. The Labute approximate surface area is 153 Å². The standard InChI is InChI=1S/C19H15BrClNO2/c20-12-6-4-10(5-7-12)17-14-3-1-2-13(14)15-8-11(19(23)24)9-16(21)18(15)22-17/h1-2,4-9,13-14,17,22H,3H2,(H,23,24)/t13-,14-,17-/m1/s1. The number of aromatic carboxylic acids is 1. The maximum Gasteiger partial charge on any atom is 0.335 e. The van der Waals surface area contributed by atoms with E-state index in [1.54, 1.807) is 6.07 Å². The molecule has 122 valence electrons. The van der Waals surface area contributed by atoms with Gasteiger partial charge in [0.2, 0.25) is 0 Å². The fourth-order valence-corrected chi connectivity index (χ4v) is 4.32. The molecule has 0 unspecified atom stereocenters. The highest BCUT2D eigenvalue weighted by Gasteiger charge is 2.39. The first-order valence-corrected chi connectivity index (χ1v) is 8.97. The van der Waals surface area contributed by atoms with Gasteiger partial charge in [-0.05, 0) is 47.7 Å². The molecule has 2 aromatic rings. The Hall–Kier alpha value is -1.78. The Morgan fingerprint density at radius 3 is 2.71 bits per heavy atom. The lowest BCUT2D eigenvalue weighted by Gasteiger charge is -2.38. The third-order valence-electron chi connectivity index (χ3n) is 4.90. The largest absolute Gasteiger partial charge is 0.478 e. The van der Waals surface area contributed by atoms with Gasteiger partial charge in [0.05, 0.1) is 22.3 Å². The highest BCUT2D eigenvalue weighted by molar-refractivity contribution is 9.10. The van der Waals surface area contributed by atoms with Crippen molar-refractivity contribution in [3.05, 3.63) is 74.7 Å². The zero-order valence-corrected chi connectivity index (χ0v) is 15.0. The summed E-state index contributed by atoms with van der Waals surface area (Å²) in [5.74, 6) is -0.404. The summed E-state index contributed by atoms with van der Waals surface area (Å²) in [4.78, 5) is 11.3. The molecule has 2 N–H and O–H groups in total. The molecule has 5 heteroatoms. The van der Waals surface area contributed by atoms with Crippen LogP contribution >= 0.6 is 27.5 Å². The molecule has 0 aromatic heterocycles. The molecule has 1 aliphatic carbocycles. The number of hydrogen-bond donors (Lipinski definition) is 2. The molecule has 0 amide bonds. The number of carboxylic acids is 1. The number of carbonyl (C=O) groups is 1. The first kappa shape index (κ1) is 15.7. The summed E-state index contributed by atoms with van der Waals surface area (Å²) in [7, 11) is 0. The van der Waals surface area contributed by atoms with Gasteiger partial charge in [0.15, 0.2) is 0 Å². The van der Waals surface area contributed by atoms with Crippen molar-refractivity contribution in [2.75, 3.05) is 5.32 Å². The van der Waals surface area contributed by atoms with E-state index in [-0.39, 0.29) is 17.5 Å². The van der Waals surface area contributed by atoms with Gasteiger partial charge in [-0.1, -0.05) is 51.8 Å². The van der Waals surface area contributed by atoms with E-state index < -0.39 is 5.97 Å². The Kier molecular flexibility index (Phi) is 3.89. The van der Waals surface area contributed by atoms with E-state index in [1.807, 2.05) is 12.1 Å². The number of benzene rings is 2. The number of carboxylic acid groups (broad SMARTS) is 1. The number of fused-ring (bicyclic) bond motifs is 3. The number of hydrogen-bond acceptors (Lipinski definition) is 2. The number of halogens is 2. The van der Waals surface area contributed by atoms with Crippen LogP contribution in [-0.4, -0.2) is 11.1 Å². The Bertz CT molecular complexity index is 847. The summed E-state index contributed by atoms with van der Waals surface area (Å²) in [6.07, 6.45) is 5.32. The van der Waals surface area contributed by atoms with E-state index in [0.717, 1.165) is 22.1 Å². The third-order valence-corrected chi connectivity index (χ3v) is 5.72. The fraction of sp³-hybridized carbons (Fsp3) is 0.211. The van der Waals surface area contributed by atoms with Crippen molar-refractivity contribution < 1.29 is 9.90 Å². The van der Waals surface area contributed by atoms with Gasteiger partial charge in [0, 0.05) is 10.4 Å². The smallest absolute Gasteiger partial charge is 0.335 e. The molecule has 24 heavy (non-hydrogen) atoms. The first-order valence-electron chi connectivity index (χ1n) is 7.80. The summed E-state index contributed by atoms with van der Waals surface area (Å²) >= 11 is 9.88. The lowest BCUT2D eigenvalue weighted by atomic mass is 9.76. The van der Waals surface area contributed by atoms with E-state index in [1.165, 1.54) is 11.6 Å². The van der Waals surface area contributed by atoms with Gasteiger partial charge in [-0.25, -0.2) is 4.79 Å². The molecular formula is C19H15BrClNO2. The van der Waals surface area contributed by atoms with Crippen LogP contribution in [-0.2, 0) is 0 Å². The topological polar surface area (TPSA) is 49.3 Å². The van der Waals surface area contributed by atoms with Crippen molar-refractivity contribution in [3.63, 3.8) is 0 Å². The predicted molar refractivity (Wildman–Crippen MR) is 98.9 cm³/mol. The lowest BCUT2D eigenvalue weighted by molar-refractivity contribution is 0.0696. The summed E-state index contributed by atoms with van der Waals surface area (Å²) in [5, 5.41) is 13.3. The predicted octanol–water partition coefficient (Wildman–Crippen LogP) is 5.63. The van der Waals surface area contributed by atoms with Crippen molar-refractivity contribution in [3.8, 4) is 0 Å². The number of allylic oxidation sites excluding steroid dienone is 2. The molecule has 1 heterocycles. The Morgan fingerprint density at radius 2 is 2.00 bits per heavy atom. The molecule has 0 radical (unpaired) electrons. The monoisotopic (exact) mass is 403 g/mol. The molecule has 2 aromatic carbocycles. The second-order valence-electron chi connectivity index (χ2n) is 6.25. The minimum absolute atomic E-state index is 0.152. The van der Waals surface area contributed by atoms with Crippen LogP contribution in [0.1, 0.15) is 39.9 Å². The van der Waals surface area contributed by atoms with Crippen LogP contribution in [0.25, 0.3) is 0 Å². The summed E-state index contributed by atoms with van der Waals surface area (Å²) in [6.45, 7) is 0. The quantitative estimate of drug-likeness (QED) is 0.638. The SMILES string of the molecule is O=C(O)c1cc(Cl)c2c(c1)[C@@H]1C=CC[C@H]1[C@@H](c1ccc(Br)cc1)N2. The average Bonchev–Trinajstić information content (AvgIpc) is 3.05. The van der Waals surface area contributed by atoms with Gasteiger partial charge in [-0.2, -0.15) is 0 Å². The molecule has 0 saturated carbocycles. The summed E-state index contributed by atoms with van der Waals surface area (Å²) < 4.78 is 1.05. The van der Waals surface area contributed by atoms with Crippen molar-refractivity contribution in [2.45, 2.75) is 18.4 Å². The van der Waals surface area contributed by atoms with Crippen LogP contribution in [0, 0.1) is 5.92 Å². The molecule has 2 aliphatic rings. The molecule has 0 spiro atoms. The van der Waals surface area contributed by atoms with Crippen molar-refractivity contribution >= 4 is 39.2 Å². The van der Waals surface area contributed by atoms with Crippen LogP contribution in [0.3, 0.4) is 0 Å². The van der Waals surface area contributed by atoms with Gasteiger partial charge in [0.1, 0.15) is 0 Å². The molecule has 3 nitrogen and oxygen atoms in total. The van der Waals surface area contributed by atoms with Crippen LogP contribution < -0.4 is 5.32 Å². The van der Waals surface area contributed by atoms with Crippen molar-refractivity contribution in [1.82, 2.24) is 0 Å². The van der Waals surface area contributed by atoms with Crippen LogP contribution in [0.4, 0.5) is 5.69 Å². The average molecular weight is 405 g/mol. The molecule has 3 atom stereocenters. The van der Waals surface area contributed by atoms with E-state index in [9.17, 15) is 9.90 Å². The minimum atomic E-state index is -0.951. The van der Waals surface area contributed by atoms with E-state index in [0.29, 0.717) is 10.9 Å². The third kappa shape index (κ3) is 2.54. The second-order valence-corrected chi connectivity index (χ2v) is 7.58. The van der Waals surface area contributed by atoms with Crippen LogP contribution in [0.2, 0.25) is 5.02 Å². The van der Waals surface area contributed by atoms with Crippen molar-refractivity contribution in [1.29, 1.82) is 0 Å². The Balaban J connectivity index is 1.82. The number of anilines is 1.